The van der Waals surface area contributed by atoms with Gasteiger partial charge in [-0.1, -0.05) is 33.6 Å². The van der Waals surface area contributed by atoms with Gasteiger partial charge in [0.15, 0.2) is 0 Å². The minimum Gasteiger partial charge on any atom is -0.379 e. The molecule has 0 amide bonds. The Hall–Kier alpha value is -0.0800. The minimum absolute atomic E-state index is 0.0369. The average molecular weight is 284 g/mol. The van der Waals surface area contributed by atoms with Crippen molar-refractivity contribution in [1.82, 2.24) is 5.32 Å². The quantitative estimate of drug-likeness (QED) is 0.701. The summed E-state index contributed by atoms with van der Waals surface area (Å²) < 4.78 is 5.60. The van der Waals surface area contributed by atoms with Crippen LogP contribution in [-0.2, 0) is 4.74 Å². The van der Waals surface area contributed by atoms with Crippen LogP contribution < -0.4 is 5.32 Å². The molecule has 0 saturated heterocycles. The normalized spacial score (nSPS) is 28.1. The van der Waals surface area contributed by atoms with Crippen molar-refractivity contribution in [1.29, 1.82) is 0 Å². The summed E-state index contributed by atoms with van der Waals surface area (Å²) >= 11 is 0. The van der Waals surface area contributed by atoms with E-state index < -0.39 is 0 Å². The zero-order chi connectivity index (χ0) is 15.2. The predicted molar refractivity (Wildman–Crippen MR) is 88.1 cm³/mol. The highest BCUT2D eigenvalue weighted by Crippen LogP contribution is 2.39. The maximum Gasteiger partial charge on any atom is 0.0622 e. The van der Waals surface area contributed by atoms with Crippen molar-refractivity contribution in [2.24, 2.45) is 17.8 Å². The lowest BCUT2D eigenvalue weighted by atomic mass is 9.70. The van der Waals surface area contributed by atoms with Gasteiger partial charge in [0.2, 0.25) is 0 Å². The molecule has 1 aliphatic rings. The van der Waals surface area contributed by atoms with Crippen molar-refractivity contribution in [2.45, 2.75) is 84.8 Å². The van der Waals surface area contributed by atoms with E-state index in [-0.39, 0.29) is 5.60 Å². The molecule has 1 aliphatic carbocycles. The third kappa shape index (κ3) is 6.13. The fourth-order valence-electron chi connectivity index (χ4n) is 3.44. The molecule has 1 N–H and O–H groups in total. The highest BCUT2D eigenvalue weighted by Gasteiger charge is 2.31. The molecule has 0 heterocycles. The van der Waals surface area contributed by atoms with Crippen molar-refractivity contribution in [3.63, 3.8) is 0 Å². The summed E-state index contributed by atoms with van der Waals surface area (Å²) in [6.45, 7) is 12.5. The summed E-state index contributed by atoms with van der Waals surface area (Å²) in [6, 6.07) is 0.606. The first-order valence-corrected chi connectivity index (χ1v) is 8.66. The van der Waals surface area contributed by atoms with Crippen molar-refractivity contribution >= 4 is 0 Å². The smallest absolute Gasteiger partial charge is 0.0622 e. The van der Waals surface area contributed by atoms with Crippen LogP contribution in [0.15, 0.2) is 0 Å². The maximum atomic E-state index is 5.60. The van der Waals surface area contributed by atoms with Crippen LogP contribution in [0.25, 0.3) is 0 Å². The molecule has 0 aliphatic heterocycles. The van der Waals surface area contributed by atoms with Gasteiger partial charge in [-0.2, -0.15) is 0 Å². The van der Waals surface area contributed by atoms with E-state index in [1.165, 1.54) is 45.1 Å². The Balaban J connectivity index is 2.53. The standard InChI is InChI=1S/C18H37NO/c1-7-15-8-9-17(13-19-14(2)3)16(12-15)10-11-18(4,5)20-6/h14-17,19H,7-13H2,1-6H3. The van der Waals surface area contributed by atoms with E-state index in [1.54, 1.807) is 0 Å². The molecule has 2 heteroatoms. The zero-order valence-electron chi connectivity index (χ0n) is 14.7. The Labute approximate surface area is 127 Å². The monoisotopic (exact) mass is 283 g/mol. The van der Waals surface area contributed by atoms with Gasteiger partial charge in [-0.25, -0.2) is 0 Å². The van der Waals surface area contributed by atoms with Crippen LogP contribution >= 0.6 is 0 Å². The first-order valence-electron chi connectivity index (χ1n) is 8.66. The van der Waals surface area contributed by atoms with Gasteiger partial charge in [-0.15, -0.1) is 0 Å². The molecule has 0 bridgehead atoms. The van der Waals surface area contributed by atoms with Crippen LogP contribution in [0.1, 0.15) is 73.1 Å². The van der Waals surface area contributed by atoms with E-state index in [9.17, 15) is 0 Å². The third-order valence-electron chi connectivity index (χ3n) is 5.28. The number of rotatable bonds is 8. The fraction of sp³-hybridized carbons (Fsp3) is 1.00. The molecule has 0 aromatic carbocycles. The van der Waals surface area contributed by atoms with E-state index in [0.717, 1.165) is 17.8 Å². The van der Waals surface area contributed by atoms with Gasteiger partial charge in [-0.3, -0.25) is 0 Å². The summed E-state index contributed by atoms with van der Waals surface area (Å²) in [4.78, 5) is 0. The summed E-state index contributed by atoms with van der Waals surface area (Å²) in [5.74, 6) is 2.71. The first-order chi connectivity index (χ1) is 9.38. The van der Waals surface area contributed by atoms with Crippen LogP contribution in [-0.4, -0.2) is 25.3 Å². The Kier molecular flexibility index (Phi) is 7.53. The molecular formula is C18H37NO. The average Bonchev–Trinajstić information content (AvgIpc) is 2.43. The van der Waals surface area contributed by atoms with Gasteiger partial charge >= 0.3 is 0 Å². The molecule has 0 radical (unpaired) electrons. The van der Waals surface area contributed by atoms with Crippen molar-refractivity contribution in [3.05, 3.63) is 0 Å². The number of hydrogen-bond donors (Lipinski definition) is 1. The van der Waals surface area contributed by atoms with Gasteiger partial charge in [-0.05, 0) is 63.8 Å². The molecule has 120 valence electrons. The van der Waals surface area contributed by atoms with Crippen LogP contribution in [0.2, 0.25) is 0 Å². The molecule has 20 heavy (non-hydrogen) atoms. The Morgan fingerprint density at radius 2 is 1.90 bits per heavy atom. The fourth-order valence-corrected chi connectivity index (χ4v) is 3.44. The van der Waals surface area contributed by atoms with Gasteiger partial charge in [0, 0.05) is 13.2 Å². The summed E-state index contributed by atoms with van der Waals surface area (Å²) in [6.07, 6.45) is 8.14. The number of nitrogens with one attached hydrogen (secondary N) is 1. The molecule has 0 aromatic heterocycles. The summed E-state index contributed by atoms with van der Waals surface area (Å²) in [7, 11) is 1.84. The van der Waals surface area contributed by atoms with Gasteiger partial charge in [0.1, 0.15) is 0 Å². The number of hydrogen-bond acceptors (Lipinski definition) is 2. The lowest BCUT2D eigenvalue weighted by Crippen LogP contribution is -2.37. The second-order valence-corrected chi connectivity index (χ2v) is 7.67. The molecule has 3 unspecified atom stereocenters. The summed E-state index contributed by atoms with van der Waals surface area (Å²) in [5.41, 5.74) is 0.0369. The van der Waals surface area contributed by atoms with Gasteiger partial charge < -0.3 is 10.1 Å². The van der Waals surface area contributed by atoms with Crippen LogP contribution in [0, 0.1) is 17.8 Å². The SMILES string of the molecule is CCC1CCC(CNC(C)C)C(CCC(C)(C)OC)C1. The Morgan fingerprint density at radius 3 is 2.45 bits per heavy atom. The highest BCUT2D eigenvalue weighted by molar-refractivity contribution is 4.83. The van der Waals surface area contributed by atoms with E-state index in [1.807, 2.05) is 7.11 Å². The molecule has 1 rings (SSSR count). The second-order valence-electron chi connectivity index (χ2n) is 7.67. The lowest BCUT2D eigenvalue weighted by molar-refractivity contribution is 0.00435. The minimum atomic E-state index is 0.0369. The van der Waals surface area contributed by atoms with Gasteiger partial charge in [0.25, 0.3) is 0 Å². The van der Waals surface area contributed by atoms with Crippen molar-refractivity contribution < 1.29 is 4.74 Å². The summed E-state index contributed by atoms with van der Waals surface area (Å²) in [5, 5.41) is 3.66. The molecule has 3 atom stereocenters. The molecule has 2 nitrogen and oxygen atoms in total. The van der Waals surface area contributed by atoms with E-state index >= 15 is 0 Å². The second kappa shape index (κ2) is 8.38. The first kappa shape index (κ1) is 18.0. The predicted octanol–water partition coefficient (Wildman–Crippen LogP) is 4.63. The third-order valence-corrected chi connectivity index (χ3v) is 5.28. The van der Waals surface area contributed by atoms with Crippen molar-refractivity contribution in [2.75, 3.05) is 13.7 Å². The number of ether oxygens (including phenoxy) is 1. The van der Waals surface area contributed by atoms with E-state index in [4.69, 9.17) is 4.74 Å². The number of methoxy groups -OCH3 is 1. The molecule has 0 aromatic rings. The molecule has 1 saturated carbocycles. The topological polar surface area (TPSA) is 21.3 Å². The van der Waals surface area contributed by atoms with Gasteiger partial charge in [0.05, 0.1) is 5.60 Å². The largest absolute Gasteiger partial charge is 0.379 e. The lowest BCUT2D eigenvalue weighted by Gasteiger charge is -2.38. The molecule has 1 fully saturated rings. The van der Waals surface area contributed by atoms with Crippen LogP contribution in [0.3, 0.4) is 0 Å². The molecular weight excluding hydrogens is 246 g/mol. The Morgan fingerprint density at radius 1 is 1.20 bits per heavy atom. The van der Waals surface area contributed by atoms with Crippen molar-refractivity contribution in [3.8, 4) is 0 Å². The Bertz CT molecular complexity index is 262. The van der Waals surface area contributed by atoms with E-state index in [0.29, 0.717) is 6.04 Å². The van der Waals surface area contributed by atoms with E-state index in [2.05, 4.69) is 39.9 Å². The highest BCUT2D eigenvalue weighted by atomic mass is 16.5. The maximum absolute atomic E-state index is 5.60. The zero-order valence-corrected chi connectivity index (χ0v) is 14.7. The molecule has 0 spiro atoms. The van der Waals surface area contributed by atoms with Crippen LogP contribution in [0.5, 0.6) is 0 Å². The van der Waals surface area contributed by atoms with Crippen LogP contribution in [0.4, 0.5) is 0 Å².